The highest BCUT2D eigenvalue weighted by molar-refractivity contribution is 4.83. The Labute approximate surface area is 93.5 Å². The third kappa shape index (κ3) is 5.76. The Balaban J connectivity index is 1.85. The van der Waals surface area contributed by atoms with Crippen molar-refractivity contribution in [2.75, 3.05) is 26.2 Å². The molecule has 0 radical (unpaired) electrons. The summed E-state index contributed by atoms with van der Waals surface area (Å²) in [6.45, 7) is 6.76. The molecule has 86 valence electrons. The number of nitriles is 1. The normalized spacial score (nSPS) is 15.5. The van der Waals surface area contributed by atoms with Gasteiger partial charge in [0.1, 0.15) is 0 Å². The van der Waals surface area contributed by atoms with Gasteiger partial charge in [-0.05, 0) is 38.8 Å². The van der Waals surface area contributed by atoms with Crippen LogP contribution in [0.15, 0.2) is 0 Å². The minimum absolute atomic E-state index is 0.699. The molecule has 1 fully saturated rings. The zero-order valence-electron chi connectivity index (χ0n) is 9.84. The molecule has 0 aromatic rings. The lowest BCUT2D eigenvalue weighted by Crippen LogP contribution is -2.33. The maximum atomic E-state index is 8.36. The molecular formula is C12H23N3. The van der Waals surface area contributed by atoms with E-state index in [9.17, 15) is 0 Å². The number of unbranched alkanes of at least 4 members (excludes halogenated alkanes) is 2. The maximum absolute atomic E-state index is 8.36. The fraction of sp³-hybridized carbons (Fsp3) is 0.917. The second-order valence-corrected chi connectivity index (χ2v) is 4.22. The minimum Gasteiger partial charge on any atom is -0.315 e. The van der Waals surface area contributed by atoms with E-state index < -0.39 is 0 Å². The van der Waals surface area contributed by atoms with Gasteiger partial charge >= 0.3 is 0 Å². The van der Waals surface area contributed by atoms with Crippen molar-refractivity contribution in [1.29, 1.82) is 5.26 Å². The highest BCUT2D eigenvalue weighted by Crippen LogP contribution is 2.25. The Kier molecular flexibility index (Phi) is 6.38. The van der Waals surface area contributed by atoms with Crippen molar-refractivity contribution >= 4 is 0 Å². The molecule has 0 atom stereocenters. The molecule has 1 rings (SSSR count). The Bertz CT molecular complexity index is 194. The van der Waals surface area contributed by atoms with Gasteiger partial charge in [0.25, 0.3) is 0 Å². The number of nitrogens with one attached hydrogen (secondary N) is 1. The smallest absolute Gasteiger partial charge is 0.0621 e. The lowest BCUT2D eigenvalue weighted by atomic mass is 10.2. The lowest BCUT2D eigenvalue weighted by molar-refractivity contribution is 0.277. The summed E-state index contributed by atoms with van der Waals surface area (Å²) in [5, 5.41) is 11.8. The van der Waals surface area contributed by atoms with Crippen molar-refractivity contribution in [3.05, 3.63) is 0 Å². The van der Waals surface area contributed by atoms with E-state index >= 15 is 0 Å². The molecule has 0 heterocycles. The molecular weight excluding hydrogens is 186 g/mol. The first-order valence-electron chi connectivity index (χ1n) is 6.20. The molecule has 0 unspecified atom stereocenters. The predicted octanol–water partition coefficient (Wildman–Crippen LogP) is 1.75. The van der Waals surface area contributed by atoms with E-state index in [1.165, 1.54) is 25.9 Å². The third-order valence-electron chi connectivity index (χ3n) is 2.94. The van der Waals surface area contributed by atoms with Crippen LogP contribution in [0.3, 0.4) is 0 Å². The van der Waals surface area contributed by atoms with Gasteiger partial charge in [0.15, 0.2) is 0 Å². The van der Waals surface area contributed by atoms with Crippen LogP contribution in [-0.4, -0.2) is 37.1 Å². The summed E-state index contributed by atoms with van der Waals surface area (Å²) in [6, 6.07) is 3.06. The van der Waals surface area contributed by atoms with Crippen LogP contribution in [0, 0.1) is 11.3 Å². The topological polar surface area (TPSA) is 39.1 Å². The molecule has 0 aromatic heterocycles. The Morgan fingerprint density at radius 2 is 2.13 bits per heavy atom. The first-order valence-corrected chi connectivity index (χ1v) is 6.20. The molecule has 0 spiro atoms. The van der Waals surface area contributed by atoms with Crippen molar-refractivity contribution in [3.8, 4) is 6.07 Å². The van der Waals surface area contributed by atoms with Crippen LogP contribution in [0.4, 0.5) is 0 Å². The van der Waals surface area contributed by atoms with Crippen LogP contribution >= 0.6 is 0 Å². The van der Waals surface area contributed by atoms with Gasteiger partial charge in [-0.15, -0.1) is 0 Å². The highest BCUT2D eigenvalue weighted by Gasteiger charge is 2.26. The van der Waals surface area contributed by atoms with Gasteiger partial charge in [0.2, 0.25) is 0 Å². The van der Waals surface area contributed by atoms with E-state index in [0.717, 1.165) is 32.0 Å². The number of hydrogen-bond acceptors (Lipinski definition) is 3. The number of rotatable bonds is 9. The zero-order chi connectivity index (χ0) is 10.9. The van der Waals surface area contributed by atoms with Crippen LogP contribution in [-0.2, 0) is 0 Å². The average Bonchev–Trinajstić information content (AvgIpc) is 3.06. The second kappa shape index (κ2) is 7.67. The standard InChI is InChI=1S/C12H23N3/c1-2-15(12-6-7-12)11-10-14-9-5-3-4-8-13/h12,14H,2-7,9-11H2,1H3. The molecule has 0 bridgehead atoms. The monoisotopic (exact) mass is 209 g/mol. The summed E-state index contributed by atoms with van der Waals surface area (Å²) in [5.41, 5.74) is 0. The van der Waals surface area contributed by atoms with Crippen molar-refractivity contribution in [2.45, 2.75) is 45.1 Å². The van der Waals surface area contributed by atoms with Crippen molar-refractivity contribution in [2.24, 2.45) is 0 Å². The summed E-state index contributed by atoms with van der Waals surface area (Å²) < 4.78 is 0. The molecule has 1 aliphatic carbocycles. The summed E-state index contributed by atoms with van der Waals surface area (Å²) in [7, 11) is 0. The first-order chi connectivity index (χ1) is 7.38. The molecule has 3 nitrogen and oxygen atoms in total. The number of hydrogen-bond donors (Lipinski definition) is 1. The van der Waals surface area contributed by atoms with Gasteiger partial charge < -0.3 is 5.32 Å². The molecule has 1 saturated carbocycles. The number of likely N-dealkylation sites (N-methyl/N-ethyl adjacent to an activating group) is 1. The summed E-state index contributed by atoms with van der Waals surface area (Å²) in [4.78, 5) is 2.56. The van der Waals surface area contributed by atoms with E-state index in [1.807, 2.05) is 0 Å². The van der Waals surface area contributed by atoms with E-state index in [4.69, 9.17) is 5.26 Å². The fourth-order valence-electron chi connectivity index (χ4n) is 1.84. The highest BCUT2D eigenvalue weighted by atomic mass is 15.2. The van der Waals surface area contributed by atoms with Crippen molar-refractivity contribution in [3.63, 3.8) is 0 Å². The van der Waals surface area contributed by atoms with Crippen LogP contribution in [0.2, 0.25) is 0 Å². The molecule has 0 saturated heterocycles. The summed E-state index contributed by atoms with van der Waals surface area (Å²) >= 11 is 0. The van der Waals surface area contributed by atoms with Crippen LogP contribution in [0.25, 0.3) is 0 Å². The van der Waals surface area contributed by atoms with Gasteiger partial charge in [-0.1, -0.05) is 6.92 Å². The zero-order valence-corrected chi connectivity index (χ0v) is 9.84. The first kappa shape index (κ1) is 12.5. The quantitative estimate of drug-likeness (QED) is 0.588. The molecule has 0 amide bonds. The van der Waals surface area contributed by atoms with Crippen LogP contribution in [0.5, 0.6) is 0 Å². The Hall–Kier alpha value is -0.590. The van der Waals surface area contributed by atoms with Gasteiger partial charge in [-0.3, -0.25) is 4.90 Å². The van der Waals surface area contributed by atoms with Gasteiger partial charge in [0.05, 0.1) is 6.07 Å². The molecule has 3 heteroatoms. The van der Waals surface area contributed by atoms with E-state index in [-0.39, 0.29) is 0 Å². The molecule has 1 aliphatic rings. The van der Waals surface area contributed by atoms with Crippen LogP contribution < -0.4 is 5.32 Å². The van der Waals surface area contributed by atoms with Gasteiger partial charge in [-0.25, -0.2) is 0 Å². The molecule has 1 N–H and O–H groups in total. The molecule has 0 aliphatic heterocycles. The van der Waals surface area contributed by atoms with Crippen molar-refractivity contribution in [1.82, 2.24) is 10.2 Å². The van der Waals surface area contributed by atoms with E-state index in [2.05, 4.69) is 23.2 Å². The minimum atomic E-state index is 0.699. The Morgan fingerprint density at radius 1 is 1.33 bits per heavy atom. The van der Waals surface area contributed by atoms with Crippen LogP contribution in [0.1, 0.15) is 39.0 Å². The van der Waals surface area contributed by atoms with Crippen molar-refractivity contribution < 1.29 is 0 Å². The van der Waals surface area contributed by atoms with Gasteiger partial charge in [-0.2, -0.15) is 5.26 Å². The van der Waals surface area contributed by atoms with E-state index in [0.29, 0.717) is 6.42 Å². The number of nitrogens with zero attached hydrogens (tertiary/aromatic N) is 2. The second-order valence-electron chi connectivity index (χ2n) is 4.22. The summed E-state index contributed by atoms with van der Waals surface area (Å²) in [5.74, 6) is 0. The maximum Gasteiger partial charge on any atom is 0.0621 e. The fourth-order valence-corrected chi connectivity index (χ4v) is 1.84. The SMILES string of the molecule is CCN(CCNCCCCC#N)C1CC1. The van der Waals surface area contributed by atoms with Gasteiger partial charge in [0, 0.05) is 25.6 Å². The molecule has 0 aromatic carbocycles. The molecule has 15 heavy (non-hydrogen) atoms. The lowest BCUT2D eigenvalue weighted by Gasteiger charge is -2.19. The third-order valence-corrected chi connectivity index (χ3v) is 2.94. The largest absolute Gasteiger partial charge is 0.315 e. The predicted molar refractivity (Wildman–Crippen MR) is 62.6 cm³/mol. The Morgan fingerprint density at radius 3 is 2.73 bits per heavy atom. The average molecular weight is 209 g/mol. The van der Waals surface area contributed by atoms with E-state index in [1.54, 1.807) is 0 Å². The summed E-state index contributed by atoms with van der Waals surface area (Å²) in [6.07, 6.45) is 5.66.